The van der Waals surface area contributed by atoms with Gasteiger partial charge in [0.1, 0.15) is 17.8 Å². The highest BCUT2D eigenvalue weighted by Gasteiger charge is 2.49. The molecule has 0 spiro atoms. The van der Waals surface area contributed by atoms with Crippen molar-refractivity contribution in [2.24, 2.45) is 0 Å². The van der Waals surface area contributed by atoms with Crippen molar-refractivity contribution in [3.63, 3.8) is 0 Å². The predicted molar refractivity (Wildman–Crippen MR) is 156 cm³/mol. The lowest BCUT2D eigenvalue weighted by Gasteiger charge is -2.47. The van der Waals surface area contributed by atoms with Crippen molar-refractivity contribution in [1.29, 1.82) is 0 Å². The van der Waals surface area contributed by atoms with Gasteiger partial charge in [-0.05, 0) is 77.8 Å². The second kappa shape index (κ2) is 12.1. The molecule has 0 N–H and O–H groups in total. The molecule has 4 atom stereocenters. The Morgan fingerprint density at radius 1 is 1.13 bits per heavy atom. The Balaban J connectivity index is 2.17. The highest BCUT2D eigenvalue weighted by Crippen LogP contribution is 2.47. The van der Waals surface area contributed by atoms with Gasteiger partial charge in [-0.25, -0.2) is 8.42 Å². The van der Waals surface area contributed by atoms with Gasteiger partial charge in [-0.2, -0.15) is 0 Å². The number of hydrogen-bond donors (Lipinski definition) is 0. The zero-order valence-corrected chi connectivity index (χ0v) is 26.5. The van der Waals surface area contributed by atoms with Gasteiger partial charge in [-0.15, -0.1) is 11.3 Å². The molecule has 0 bridgehead atoms. The van der Waals surface area contributed by atoms with E-state index in [1.165, 1.54) is 11.3 Å². The van der Waals surface area contributed by atoms with Crippen molar-refractivity contribution in [2.75, 3.05) is 5.75 Å². The molecular weight excluding hydrogens is 581 g/mol. The van der Waals surface area contributed by atoms with E-state index < -0.39 is 56.4 Å². The Morgan fingerprint density at radius 2 is 1.79 bits per heavy atom. The van der Waals surface area contributed by atoms with E-state index in [0.717, 1.165) is 4.88 Å². The number of morpholine rings is 1. The summed E-state index contributed by atoms with van der Waals surface area (Å²) in [7, 11) is -3.61. The molecule has 1 aromatic carbocycles. The van der Waals surface area contributed by atoms with Crippen LogP contribution in [0.15, 0.2) is 36.4 Å². The minimum Gasteiger partial charge on any atom is -0.460 e. The van der Waals surface area contributed by atoms with Gasteiger partial charge in [-0.3, -0.25) is 9.59 Å². The molecule has 39 heavy (non-hydrogen) atoms. The molecule has 1 aromatic heterocycles. The van der Waals surface area contributed by atoms with Crippen LogP contribution in [0.25, 0.3) is 0 Å². The topological polar surface area (TPSA) is 90.0 Å². The summed E-state index contributed by atoms with van der Waals surface area (Å²) in [6.45, 7) is 12.0. The summed E-state index contributed by atoms with van der Waals surface area (Å²) in [6, 6.07) is 9.28. The average molecular weight is 619 g/mol. The van der Waals surface area contributed by atoms with Gasteiger partial charge in [0, 0.05) is 15.9 Å². The van der Waals surface area contributed by atoms with E-state index in [-0.39, 0.29) is 12.2 Å². The van der Waals surface area contributed by atoms with Gasteiger partial charge >= 0.3 is 5.97 Å². The molecule has 1 saturated heterocycles. The minimum absolute atomic E-state index is 0.240. The zero-order chi connectivity index (χ0) is 29.3. The molecule has 11 heteroatoms. The fraction of sp³-hybridized carbons (Fsp3) is 0.571. The normalized spacial score (nSPS) is 21.6. The second-order valence-corrected chi connectivity index (χ2v) is 16.6. The van der Waals surface area contributed by atoms with Crippen LogP contribution in [0.3, 0.4) is 0 Å². The van der Waals surface area contributed by atoms with Crippen LogP contribution in [0.2, 0.25) is 9.36 Å². The highest BCUT2D eigenvalue weighted by molar-refractivity contribution is 7.92. The second-order valence-electron chi connectivity index (χ2n) is 11.7. The average Bonchev–Trinajstić information content (AvgIpc) is 3.22. The lowest BCUT2D eigenvalue weighted by molar-refractivity contribution is -0.185. The Hall–Kier alpha value is -1.65. The molecule has 0 aliphatic carbocycles. The molecule has 7 nitrogen and oxygen atoms in total. The summed E-state index contributed by atoms with van der Waals surface area (Å²) in [5.74, 6) is -1.29. The number of esters is 1. The van der Waals surface area contributed by atoms with Crippen molar-refractivity contribution < 1.29 is 27.5 Å². The van der Waals surface area contributed by atoms with Crippen LogP contribution in [0, 0.1) is 0 Å². The van der Waals surface area contributed by atoms with Crippen molar-refractivity contribution in [3.8, 4) is 0 Å². The standard InChI is InChI=1S/C28H37Cl2NO6S2/c1-8-19(16-39(34,35)28(5,6)7)31-24(21-12-13-22(30)38-21)25(17-10-9-11-18(29)14-17)36-20(26(31)33)15-23(32)37-27(2,3)4/h9-14,19-20,24-25H,8,15-16H2,1-7H3/t19-,20-,24+,25+/m0/s1. The first kappa shape index (κ1) is 31.9. The molecule has 2 aromatic rings. The van der Waals surface area contributed by atoms with E-state index in [4.69, 9.17) is 32.7 Å². The Labute approximate surface area is 245 Å². The van der Waals surface area contributed by atoms with Gasteiger partial charge in [0.25, 0.3) is 5.91 Å². The van der Waals surface area contributed by atoms with Crippen molar-refractivity contribution in [1.82, 2.24) is 4.90 Å². The number of thiophene rings is 1. The third kappa shape index (κ3) is 7.76. The van der Waals surface area contributed by atoms with E-state index >= 15 is 0 Å². The van der Waals surface area contributed by atoms with Crippen LogP contribution >= 0.6 is 34.5 Å². The molecule has 1 aliphatic rings. The van der Waals surface area contributed by atoms with Crippen LogP contribution in [0.4, 0.5) is 0 Å². The van der Waals surface area contributed by atoms with Gasteiger partial charge in [-0.1, -0.05) is 42.3 Å². The van der Waals surface area contributed by atoms with Crippen LogP contribution in [0.1, 0.15) is 83.9 Å². The lowest BCUT2D eigenvalue weighted by atomic mass is 9.93. The summed E-state index contributed by atoms with van der Waals surface area (Å²) < 4.78 is 38.1. The molecule has 0 unspecified atom stereocenters. The lowest BCUT2D eigenvalue weighted by Crippen LogP contribution is -2.57. The number of amides is 1. The third-order valence-corrected chi connectivity index (χ3v) is 10.7. The molecule has 3 rings (SSSR count). The highest BCUT2D eigenvalue weighted by atomic mass is 35.5. The molecule has 2 heterocycles. The number of carbonyl (C=O) groups excluding carboxylic acids is 2. The molecule has 1 aliphatic heterocycles. The van der Waals surface area contributed by atoms with Gasteiger partial charge in [0.05, 0.1) is 27.3 Å². The first-order valence-corrected chi connectivity index (χ1v) is 16.1. The number of nitrogens with zero attached hydrogens (tertiary/aromatic N) is 1. The van der Waals surface area contributed by atoms with Crippen LogP contribution in [-0.4, -0.2) is 53.4 Å². The Kier molecular flexibility index (Phi) is 9.86. The fourth-order valence-corrected chi connectivity index (χ4v) is 7.24. The molecule has 0 radical (unpaired) electrons. The molecule has 1 amide bonds. The maximum atomic E-state index is 14.1. The smallest absolute Gasteiger partial charge is 0.309 e. The molecule has 0 saturated carbocycles. The quantitative estimate of drug-likeness (QED) is 0.303. The predicted octanol–water partition coefficient (Wildman–Crippen LogP) is 6.79. The molecule has 216 valence electrons. The number of benzene rings is 1. The summed E-state index contributed by atoms with van der Waals surface area (Å²) in [5, 5.41) is 0.480. The molecular formula is C28H37Cl2NO6S2. The van der Waals surface area contributed by atoms with Crippen molar-refractivity contribution >= 4 is 56.3 Å². The maximum Gasteiger partial charge on any atom is 0.309 e. The van der Waals surface area contributed by atoms with E-state index in [1.807, 2.05) is 19.1 Å². The Morgan fingerprint density at radius 3 is 2.31 bits per heavy atom. The fourth-order valence-electron chi connectivity index (χ4n) is 4.45. The van der Waals surface area contributed by atoms with Gasteiger partial charge in [0.2, 0.25) is 0 Å². The van der Waals surface area contributed by atoms with Crippen LogP contribution < -0.4 is 0 Å². The number of sulfone groups is 1. The van der Waals surface area contributed by atoms with Gasteiger partial charge < -0.3 is 14.4 Å². The van der Waals surface area contributed by atoms with Crippen LogP contribution in [0.5, 0.6) is 0 Å². The number of ether oxygens (including phenoxy) is 2. The summed E-state index contributed by atoms with van der Waals surface area (Å²) in [5.41, 5.74) is -0.0543. The van der Waals surface area contributed by atoms with Crippen molar-refractivity contribution in [2.45, 2.75) is 95.9 Å². The number of carbonyl (C=O) groups is 2. The van der Waals surface area contributed by atoms with Gasteiger partial charge in [0.15, 0.2) is 9.84 Å². The van der Waals surface area contributed by atoms with E-state index in [0.29, 0.717) is 21.3 Å². The Bertz CT molecular complexity index is 1300. The SMILES string of the molecule is CC[C@@H](CS(=O)(=O)C(C)(C)C)N1C(=O)[C@H](CC(=O)OC(C)(C)C)O[C@H](c2cccc(Cl)c2)[C@H]1c1ccc(Cl)s1. The van der Waals surface area contributed by atoms with E-state index in [1.54, 1.807) is 70.7 Å². The summed E-state index contributed by atoms with van der Waals surface area (Å²) in [4.78, 5) is 29.3. The number of hydrogen-bond acceptors (Lipinski definition) is 7. The summed E-state index contributed by atoms with van der Waals surface area (Å²) in [6.07, 6.45) is -1.86. The molecule has 1 fully saturated rings. The number of rotatable bonds is 8. The first-order chi connectivity index (χ1) is 17.9. The van der Waals surface area contributed by atoms with Crippen LogP contribution in [-0.2, 0) is 28.9 Å². The third-order valence-electron chi connectivity index (χ3n) is 6.47. The monoisotopic (exact) mass is 617 g/mol. The van der Waals surface area contributed by atoms with E-state index in [2.05, 4.69) is 0 Å². The summed E-state index contributed by atoms with van der Waals surface area (Å²) >= 11 is 14.0. The van der Waals surface area contributed by atoms with E-state index in [9.17, 15) is 18.0 Å². The zero-order valence-electron chi connectivity index (χ0n) is 23.4. The minimum atomic E-state index is -3.61. The largest absolute Gasteiger partial charge is 0.460 e. The maximum absolute atomic E-state index is 14.1. The first-order valence-electron chi connectivity index (χ1n) is 12.9. The number of halogens is 2. The van der Waals surface area contributed by atoms with Crippen molar-refractivity contribution in [3.05, 3.63) is 56.2 Å².